The van der Waals surface area contributed by atoms with E-state index >= 15 is 0 Å². The van der Waals surface area contributed by atoms with E-state index in [9.17, 15) is 14.2 Å². The minimum Gasteiger partial charge on any atom is -0.342 e. The standard InChI is InChI=1S/C10H19ClN3O4P/c1-3-4-7(12)9(15)14-8(5-11)10(16)13-6(2)19(17)18/h6-8H,3-5,12H2,1-2H3,(H2-,13,14,15,16,17,18)/p+1/t6?,7-,8-/m0/s1. The number of alkyl halides is 1. The lowest BCUT2D eigenvalue weighted by atomic mass is 10.1. The van der Waals surface area contributed by atoms with Crippen LogP contribution >= 0.6 is 19.6 Å². The molecule has 0 aliphatic rings. The van der Waals surface area contributed by atoms with Gasteiger partial charge in [-0.1, -0.05) is 13.3 Å². The largest absolute Gasteiger partial charge is 0.530 e. The molecule has 0 rings (SSSR count). The number of halogens is 1. The normalized spacial score (nSPS) is 16.2. The van der Waals surface area contributed by atoms with Gasteiger partial charge < -0.3 is 16.4 Å². The lowest BCUT2D eigenvalue weighted by Gasteiger charge is -2.18. The van der Waals surface area contributed by atoms with Gasteiger partial charge in [-0.2, -0.15) is 4.89 Å². The van der Waals surface area contributed by atoms with E-state index in [0.29, 0.717) is 6.42 Å². The molecule has 0 radical (unpaired) electrons. The van der Waals surface area contributed by atoms with Crippen LogP contribution in [0, 0.1) is 0 Å². The monoisotopic (exact) mass is 312 g/mol. The third-order valence-corrected chi connectivity index (χ3v) is 3.51. The Bertz CT molecular complexity index is 343. The second-order valence-electron chi connectivity index (χ2n) is 4.10. The second kappa shape index (κ2) is 9.20. The Labute approximate surface area is 118 Å². The topological polar surface area (TPSA) is 122 Å². The Morgan fingerprint density at radius 3 is 2.37 bits per heavy atom. The smallest absolute Gasteiger partial charge is 0.342 e. The van der Waals surface area contributed by atoms with Crippen molar-refractivity contribution in [2.45, 2.75) is 44.6 Å². The quantitative estimate of drug-likeness (QED) is 0.372. The predicted molar refractivity (Wildman–Crippen MR) is 73.0 cm³/mol. The summed E-state index contributed by atoms with van der Waals surface area (Å²) in [6.45, 7) is 3.27. The summed E-state index contributed by atoms with van der Waals surface area (Å²) in [4.78, 5) is 32.2. The Kier molecular flexibility index (Phi) is 8.84. The molecule has 0 aliphatic carbocycles. The van der Waals surface area contributed by atoms with Gasteiger partial charge in [-0.25, -0.2) is 0 Å². The minimum absolute atomic E-state index is 0.147. The zero-order valence-corrected chi connectivity index (χ0v) is 12.6. The number of amides is 2. The second-order valence-corrected chi connectivity index (χ2v) is 5.79. The van der Waals surface area contributed by atoms with Crippen molar-refractivity contribution in [1.29, 1.82) is 0 Å². The molecule has 0 aromatic heterocycles. The van der Waals surface area contributed by atoms with Crippen LogP contribution in [-0.2, 0) is 14.2 Å². The van der Waals surface area contributed by atoms with E-state index in [2.05, 4.69) is 10.6 Å². The molecule has 4 atom stereocenters. The molecule has 0 saturated carbocycles. The van der Waals surface area contributed by atoms with Crippen LogP contribution in [0.25, 0.3) is 0 Å². The van der Waals surface area contributed by atoms with Crippen LogP contribution in [0.3, 0.4) is 0 Å². The number of hydrogen-bond donors (Lipinski definition) is 4. The van der Waals surface area contributed by atoms with Gasteiger partial charge >= 0.3 is 8.03 Å². The molecule has 0 fully saturated rings. The number of nitrogens with two attached hydrogens (primary N) is 1. The fourth-order valence-electron chi connectivity index (χ4n) is 1.26. The maximum Gasteiger partial charge on any atom is 0.530 e. The van der Waals surface area contributed by atoms with Gasteiger partial charge in [0.25, 0.3) is 5.78 Å². The number of carbonyl (C=O) groups excluding carboxylic acids is 2. The van der Waals surface area contributed by atoms with E-state index in [4.69, 9.17) is 22.2 Å². The van der Waals surface area contributed by atoms with E-state index in [1.807, 2.05) is 6.92 Å². The maximum absolute atomic E-state index is 11.7. The Morgan fingerprint density at radius 2 is 1.95 bits per heavy atom. The van der Waals surface area contributed by atoms with Crippen LogP contribution < -0.4 is 16.4 Å². The summed E-state index contributed by atoms with van der Waals surface area (Å²) in [6.07, 6.45) is 1.25. The summed E-state index contributed by atoms with van der Waals surface area (Å²) in [6, 6.07) is -1.68. The molecule has 0 saturated heterocycles. The maximum atomic E-state index is 11.7. The summed E-state index contributed by atoms with van der Waals surface area (Å²) in [5, 5.41) is 4.70. The Balaban J connectivity index is 4.45. The van der Waals surface area contributed by atoms with Gasteiger partial charge in [-0.05, 0) is 11.0 Å². The van der Waals surface area contributed by atoms with Crippen molar-refractivity contribution in [3.8, 4) is 0 Å². The van der Waals surface area contributed by atoms with Gasteiger partial charge in [0.05, 0.1) is 11.9 Å². The first kappa shape index (κ1) is 18.2. The van der Waals surface area contributed by atoms with Gasteiger partial charge in [-0.15, -0.1) is 11.6 Å². The van der Waals surface area contributed by atoms with Crippen molar-refractivity contribution in [3.63, 3.8) is 0 Å². The molecule has 0 aromatic rings. The Hall–Kier alpha value is -0.750. The van der Waals surface area contributed by atoms with E-state index in [-0.39, 0.29) is 5.88 Å². The van der Waals surface area contributed by atoms with Gasteiger partial charge in [-0.3, -0.25) is 9.59 Å². The van der Waals surface area contributed by atoms with Crippen molar-refractivity contribution in [2.24, 2.45) is 5.73 Å². The lowest BCUT2D eigenvalue weighted by Crippen LogP contribution is -2.53. The van der Waals surface area contributed by atoms with Crippen LogP contribution in [-0.4, -0.2) is 40.5 Å². The molecule has 0 aromatic carbocycles. The molecule has 0 bridgehead atoms. The zero-order valence-electron chi connectivity index (χ0n) is 10.9. The summed E-state index contributed by atoms with van der Waals surface area (Å²) in [7, 11) is -2.52. The predicted octanol–water partition coefficient (Wildman–Crippen LogP) is 0.0343. The van der Waals surface area contributed by atoms with Gasteiger partial charge in [0.2, 0.25) is 11.8 Å². The first-order valence-corrected chi connectivity index (χ1v) is 7.72. The first-order chi connectivity index (χ1) is 8.83. The molecule has 2 amide bonds. The van der Waals surface area contributed by atoms with E-state index in [1.165, 1.54) is 6.92 Å². The van der Waals surface area contributed by atoms with Crippen molar-refractivity contribution < 1.29 is 19.0 Å². The van der Waals surface area contributed by atoms with Crippen LogP contribution in [0.1, 0.15) is 26.7 Å². The zero-order chi connectivity index (χ0) is 15.0. The van der Waals surface area contributed by atoms with E-state index < -0.39 is 37.7 Å². The number of nitrogens with one attached hydrogen (secondary N) is 2. The highest BCUT2D eigenvalue weighted by atomic mass is 35.5. The third kappa shape index (κ3) is 6.82. The molecule has 0 heterocycles. The van der Waals surface area contributed by atoms with E-state index in [1.54, 1.807) is 0 Å². The minimum atomic E-state index is -2.52. The molecule has 2 unspecified atom stereocenters. The number of rotatable bonds is 8. The van der Waals surface area contributed by atoms with Crippen LogP contribution in [0.4, 0.5) is 0 Å². The highest BCUT2D eigenvalue weighted by Gasteiger charge is 2.29. The highest BCUT2D eigenvalue weighted by Crippen LogP contribution is 2.18. The molecular formula is C10H20ClN3O4P+. The van der Waals surface area contributed by atoms with Gasteiger partial charge in [0.1, 0.15) is 6.04 Å². The van der Waals surface area contributed by atoms with Crippen molar-refractivity contribution >= 4 is 31.4 Å². The average Bonchev–Trinajstić information content (AvgIpc) is 2.35. The fourth-order valence-corrected chi connectivity index (χ4v) is 1.71. The van der Waals surface area contributed by atoms with Crippen LogP contribution in [0.15, 0.2) is 0 Å². The van der Waals surface area contributed by atoms with Crippen molar-refractivity contribution in [3.05, 3.63) is 0 Å². The van der Waals surface area contributed by atoms with Crippen LogP contribution in [0.2, 0.25) is 0 Å². The summed E-state index contributed by atoms with van der Waals surface area (Å²) < 4.78 is 10.8. The molecule has 9 heteroatoms. The third-order valence-electron chi connectivity index (χ3n) is 2.41. The molecule has 110 valence electrons. The first-order valence-electron chi connectivity index (χ1n) is 5.91. The molecule has 0 aliphatic heterocycles. The average molecular weight is 313 g/mol. The fraction of sp³-hybridized carbons (Fsp3) is 0.800. The number of carbonyl (C=O) groups is 2. The van der Waals surface area contributed by atoms with Gasteiger partial charge in [0.15, 0.2) is 0 Å². The molecule has 7 nitrogen and oxygen atoms in total. The highest BCUT2D eigenvalue weighted by molar-refractivity contribution is 7.38. The van der Waals surface area contributed by atoms with Crippen LogP contribution in [0.5, 0.6) is 0 Å². The Morgan fingerprint density at radius 1 is 1.37 bits per heavy atom. The molecular weight excluding hydrogens is 293 g/mol. The summed E-state index contributed by atoms with van der Waals surface area (Å²) in [5.74, 6) is -2.14. The summed E-state index contributed by atoms with van der Waals surface area (Å²) in [5.41, 5.74) is 5.61. The van der Waals surface area contributed by atoms with Gasteiger partial charge in [0, 0.05) is 6.92 Å². The van der Waals surface area contributed by atoms with Crippen molar-refractivity contribution in [1.82, 2.24) is 10.6 Å². The van der Waals surface area contributed by atoms with Crippen molar-refractivity contribution in [2.75, 3.05) is 5.88 Å². The number of hydrogen-bond acceptors (Lipinski definition) is 4. The molecule has 5 N–H and O–H groups in total. The van der Waals surface area contributed by atoms with E-state index in [0.717, 1.165) is 6.42 Å². The summed E-state index contributed by atoms with van der Waals surface area (Å²) >= 11 is 5.60. The SMILES string of the molecule is CCC[C@H](N)C(=O)N[C@@H](CCl)C(=O)NC(C)[P+](=O)O. The lowest BCUT2D eigenvalue weighted by molar-refractivity contribution is -0.129. The molecule has 19 heavy (non-hydrogen) atoms. The molecule has 0 spiro atoms.